The van der Waals surface area contributed by atoms with Gasteiger partial charge in [-0.3, -0.25) is 0 Å². The molecule has 2 aromatic heterocycles. The molecule has 290 valence electrons. The third kappa shape index (κ3) is 5.65. The predicted molar refractivity (Wildman–Crippen MR) is 253 cm³/mol. The Kier molecular flexibility index (Phi) is 8.36. The van der Waals surface area contributed by atoms with Crippen LogP contribution in [0.2, 0.25) is 0 Å². The summed E-state index contributed by atoms with van der Waals surface area (Å²) in [6, 6.07) is 82.4. The summed E-state index contributed by atoms with van der Waals surface area (Å²) in [5.41, 5.74) is 15.6. The van der Waals surface area contributed by atoms with E-state index in [1.165, 1.54) is 44.2 Å². The van der Waals surface area contributed by atoms with Crippen molar-refractivity contribution >= 4 is 21.8 Å². The van der Waals surface area contributed by atoms with Crippen molar-refractivity contribution in [2.45, 2.75) is 5.41 Å². The van der Waals surface area contributed by atoms with Crippen LogP contribution in [0.15, 0.2) is 231 Å². The van der Waals surface area contributed by atoms with Crippen molar-refractivity contribution in [1.82, 2.24) is 19.5 Å². The Hall–Kier alpha value is -8.21. The summed E-state index contributed by atoms with van der Waals surface area (Å²) >= 11 is 0. The highest BCUT2D eigenvalue weighted by molar-refractivity contribution is 6.12. The number of fused-ring (bicyclic) bond motifs is 6. The maximum atomic E-state index is 5.13. The van der Waals surface area contributed by atoms with Crippen LogP contribution < -0.4 is 0 Å². The summed E-state index contributed by atoms with van der Waals surface area (Å²) in [5.74, 6) is 1.89. The molecule has 0 spiro atoms. The molecule has 0 N–H and O–H groups in total. The van der Waals surface area contributed by atoms with Crippen molar-refractivity contribution in [2.24, 2.45) is 0 Å². The van der Waals surface area contributed by atoms with Crippen molar-refractivity contribution in [2.75, 3.05) is 0 Å². The SMILES string of the molecule is c1ccc(-c2cccc(-c3nc(-c4ccccc4)nc(-c4ccc(-n5c6ccccc6c6cc7c(cc65)C(c5ccccc5)(c5ccccc5)c5ccccc5-7)cc4)n3)c2)cc1. The second kappa shape index (κ2) is 14.5. The van der Waals surface area contributed by atoms with Gasteiger partial charge in [-0.2, -0.15) is 0 Å². The molecule has 0 saturated heterocycles. The van der Waals surface area contributed by atoms with Crippen LogP contribution in [0.5, 0.6) is 0 Å². The van der Waals surface area contributed by atoms with E-state index in [4.69, 9.17) is 15.0 Å². The maximum absolute atomic E-state index is 5.13. The zero-order valence-corrected chi connectivity index (χ0v) is 33.7. The minimum atomic E-state index is -0.499. The third-order valence-electron chi connectivity index (χ3n) is 12.5. The van der Waals surface area contributed by atoms with Gasteiger partial charge in [0.1, 0.15) is 0 Å². The van der Waals surface area contributed by atoms with Crippen LogP contribution >= 0.6 is 0 Å². The Labute approximate surface area is 360 Å². The zero-order valence-electron chi connectivity index (χ0n) is 33.7. The molecular formula is C58H38N4. The highest BCUT2D eigenvalue weighted by atomic mass is 15.0. The molecule has 62 heavy (non-hydrogen) atoms. The van der Waals surface area contributed by atoms with Crippen molar-refractivity contribution in [3.63, 3.8) is 0 Å². The van der Waals surface area contributed by atoms with Crippen molar-refractivity contribution < 1.29 is 0 Å². The van der Waals surface area contributed by atoms with Crippen LogP contribution in [0.4, 0.5) is 0 Å². The fraction of sp³-hybridized carbons (Fsp3) is 0.0172. The summed E-state index contributed by atoms with van der Waals surface area (Å²) < 4.78 is 2.42. The number of hydrogen-bond donors (Lipinski definition) is 0. The second-order valence-electron chi connectivity index (χ2n) is 16.0. The maximum Gasteiger partial charge on any atom is 0.164 e. The van der Waals surface area contributed by atoms with Gasteiger partial charge in [-0.25, -0.2) is 15.0 Å². The molecule has 0 fully saturated rings. The molecule has 0 bridgehead atoms. The van der Waals surface area contributed by atoms with E-state index in [1.807, 2.05) is 36.4 Å². The average molecular weight is 791 g/mol. The van der Waals surface area contributed by atoms with Crippen LogP contribution in [-0.2, 0) is 5.41 Å². The monoisotopic (exact) mass is 790 g/mol. The van der Waals surface area contributed by atoms with Gasteiger partial charge in [0.05, 0.1) is 16.4 Å². The van der Waals surface area contributed by atoms with Crippen LogP contribution in [0.25, 0.3) is 83.9 Å². The summed E-state index contributed by atoms with van der Waals surface area (Å²) in [6.45, 7) is 0. The van der Waals surface area contributed by atoms with Gasteiger partial charge in [-0.15, -0.1) is 0 Å². The molecule has 4 heteroatoms. The number of rotatable bonds is 7. The van der Waals surface area contributed by atoms with Gasteiger partial charge in [0, 0.05) is 33.2 Å². The first-order valence-corrected chi connectivity index (χ1v) is 21.1. The van der Waals surface area contributed by atoms with Crippen molar-refractivity contribution in [1.29, 1.82) is 0 Å². The van der Waals surface area contributed by atoms with Crippen molar-refractivity contribution in [3.05, 3.63) is 253 Å². The average Bonchev–Trinajstić information content (AvgIpc) is 3.84. The predicted octanol–water partition coefficient (Wildman–Crippen LogP) is 14.0. The molecule has 0 radical (unpaired) electrons. The number of para-hydroxylation sites is 1. The Balaban J connectivity index is 1.03. The number of nitrogens with zero attached hydrogens (tertiary/aromatic N) is 4. The smallest absolute Gasteiger partial charge is 0.164 e. The lowest BCUT2D eigenvalue weighted by Crippen LogP contribution is -2.28. The standard InChI is InChI=1S/C58H38N4/c1-5-18-39(19-6-1)42-22-17-23-43(36-42)57-60-55(40-20-7-2-8-21-40)59-56(61-57)41-32-34-46(35-33-41)62-53-31-16-14-29-48(53)50-37-49-47-28-13-15-30-51(47)58(52(49)38-54(50)62,44-24-9-3-10-25-44)45-26-11-4-12-27-45/h1-38H. The molecule has 1 aliphatic carbocycles. The molecule has 12 rings (SSSR count). The van der Waals surface area contributed by atoms with E-state index in [0.29, 0.717) is 17.5 Å². The first-order valence-electron chi connectivity index (χ1n) is 21.1. The van der Waals surface area contributed by atoms with E-state index < -0.39 is 5.41 Å². The van der Waals surface area contributed by atoms with Gasteiger partial charge < -0.3 is 4.57 Å². The zero-order chi connectivity index (χ0) is 41.0. The summed E-state index contributed by atoms with van der Waals surface area (Å²) in [4.78, 5) is 15.2. The van der Waals surface area contributed by atoms with E-state index >= 15 is 0 Å². The molecule has 0 atom stereocenters. The fourth-order valence-electron chi connectivity index (χ4n) is 9.76. The quantitative estimate of drug-likeness (QED) is 0.161. The van der Waals surface area contributed by atoms with Gasteiger partial charge in [-0.1, -0.05) is 182 Å². The van der Waals surface area contributed by atoms with E-state index in [0.717, 1.165) is 44.5 Å². The second-order valence-corrected chi connectivity index (χ2v) is 16.0. The molecule has 0 aliphatic heterocycles. The lowest BCUT2D eigenvalue weighted by Gasteiger charge is -2.34. The van der Waals surface area contributed by atoms with Gasteiger partial charge >= 0.3 is 0 Å². The number of aromatic nitrogens is 4. The molecule has 4 nitrogen and oxygen atoms in total. The van der Waals surface area contributed by atoms with E-state index in [2.05, 4.69) is 199 Å². The Morgan fingerprint density at radius 3 is 1.50 bits per heavy atom. The highest BCUT2D eigenvalue weighted by Gasteiger charge is 2.46. The normalized spacial score (nSPS) is 12.6. The molecule has 0 amide bonds. The number of hydrogen-bond acceptors (Lipinski definition) is 3. The van der Waals surface area contributed by atoms with E-state index in [9.17, 15) is 0 Å². The van der Waals surface area contributed by atoms with Gasteiger partial charge in [0.25, 0.3) is 0 Å². The fourth-order valence-corrected chi connectivity index (χ4v) is 9.76. The Morgan fingerprint density at radius 1 is 0.306 bits per heavy atom. The molecule has 2 heterocycles. The highest BCUT2D eigenvalue weighted by Crippen LogP contribution is 2.57. The molecule has 0 unspecified atom stereocenters. The topological polar surface area (TPSA) is 43.6 Å². The molecule has 1 aliphatic rings. The van der Waals surface area contributed by atoms with E-state index in [1.54, 1.807) is 0 Å². The summed E-state index contributed by atoms with van der Waals surface area (Å²) in [5, 5.41) is 2.44. The molecule has 11 aromatic rings. The molecule has 0 saturated carbocycles. The van der Waals surface area contributed by atoms with Gasteiger partial charge in [-0.05, 0) is 93.0 Å². The minimum Gasteiger partial charge on any atom is -0.309 e. The Bertz CT molecular complexity index is 3390. The van der Waals surface area contributed by atoms with E-state index in [-0.39, 0.29) is 0 Å². The largest absolute Gasteiger partial charge is 0.309 e. The number of benzene rings is 9. The van der Waals surface area contributed by atoms with Crippen LogP contribution in [-0.4, -0.2) is 19.5 Å². The summed E-state index contributed by atoms with van der Waals surface area (Å²) in [6.07, 6.45) is 0. The first kappa shape index (κ1) is 35.7. The molecule has 9 aromatic carbocycles. The lowest BCUT2D eigenvalue weighted by atomic mass is 9.67. The van der Waals surface area contributed by atoms with Crippen LogP contribution in [0.3, 0.4) is 0 Å². The van der Waals surface area contributed by atoms with Crippen LogP contribution in [0.1, 0.15) is 22.3 Å². The molecular weight excluding hydrogens is 753 g/mol. The summed E-state index contributed by atoms with van der Waals surface area (Å²) in [7, 11) is 0. The lowest BCUT2D eigenvalue weighted by molar-refractivity contribution is 0.769. The minimum absolute atomic E-state index is 0.499. The third-order valence-corrected chi connectivity index (χ3v) is 12.5. The first-order chi connectivity index (χ1) is 30.7. The van der Waals surface area contributed by atoms with Crippen LogP contribution in [0, 0.1) is 0 Å². The van der Waals surface area contributed by atoms with Gasteiger partial charge in [0.2, 0.25) is 0 Å². The Morgan fingerprint density at radius 2 is 0.823 bits per heavy atom. The van der Waals surface area contributed by atoms with Gasteiger partial charge in [0.15, 0.2) is 17.5 Å². The van der Waals surface area contributed by atoms with Crippen molar-refractivity contribution in [3.8, 4) is 62.1 Å².